The van der Waals surface area contributed by atoms with Crippen LogP contribution >= 0.6 is 0 Å². The average Bonchev–Trinajstić information content (AvgIpc) is 2.63. The summed E-state index contributed by atoms with van der Waals surface area (Å²) >= 11 is 0. The van der Waals surface area contributed by atoms with E-state index in [-0.39, 0.29) is 0 Å². The number of unbranched alkanes of at least 4 members (excludes halogenated alkanes) is 5. The molecule has 142 valence electrons. The van der Waals surface area contributed by atoms with Gasteiger partial charge >= 0.3 is 6.61 Å². The summed E-state index contributed by atoms with van der Waals surface area (Å²) in [5.74, 6) is -0.803. The molecule has 0 amide bonds. The van der Waals surface area contributed by atoms with E-state index in [0.717, 1.165) is 18.9 Å². The summed E-state index contributed by atoms with van der Waals surface area (Å²) in [5, 5.41) is 0. The SMILES string of the molecule is CCCCCCCCOc1ccc(-c2ccc(OC(F)F)c(F)c2)cn1. The molecule has 26 heavy (non-hydrogen) atoms. The minimum atomic E-state index is -3.06. The van der Waals surface area contributed by atoms with Gasteiger partial charge < -0.3 is 9.47 Å². The normalized spacial score (nSPS) is 11.0. The van der Waals surface area contributed by atoms with Gasteiger partial charge in [-0.25, -0.2) is 9.37 Å². The number of nitrogens with zero attached hydrogens (tertiary/aromatic N) is 1. The van der Waals surface area contributed by atoms with E-state index in [1.165, 1.54) is 37.8 Å². The first-order chi connectivity index (χ1) is 12.6. The summed E-state index contributed by atoms with van der Waals surface area (Å²) in [6.07, 6.45) is 8.70. The summed E-state index contributed by atoms with van der Waals surface area (Å²) < 4.78 is 47.8. The van der Waals surface area contributed by atoms with Crippen molar-refractivity contribution in [2.45, 2.75) is 52.1 Å². The summed E-state index contributed by atoms with van der Waals surface area (Å²) in [6, 6.07) is 7.31. The summed E-state index contributed by atoms with van der Waals surface area (Å²) in [6.45, 7) is -0.245. The Bertz CT molecular complexity index is 663. The van der Waals surface area contributed by atoms with Crippen LogP contribution in [0.1, 0.15) is 45.4 Å². The van der Waals surface area contributed by atoms with Crippen molar-refractivity contribution in [3.05, 3.63) is 42.3 Å². The van der Waals surface area contributed by atoms with Crippen molar-refractivity contribution in [3.63, 3.8) is 0 Å². The Morgan fingerprint density at radius 2 is 1.69 bits per heavy atom. The van der Waals surface area contributed by atoms with Gasteiger partial charge in [-0.2, -0.15) is 8.78 Å². The van der Waals surface area contributed by atoms with Crippen molar-refractivity contribution < 1.29 is 22.6 Å². The van der Waals surface area contributed by atoms with Crippen molar-refractivity contribution in [1.29, 1.82) is 0 Å². The molecule has 0 radical (unpaired) electrons. The second-order valence-electron chi connectivity index (χ2n) is 6.03. The average molecular weight is 367 g/mol. The monoisotopic (exact) mass is 367 g/mol. The van der Waals surface area contributed by atoms with E-state index in [2.05, 4.69) is 16.6 Å². The second kappa shape index (κ2) is 10.7. The van der Waals surface area contributed by atoms with E-state index < -0.39 is 18.2 Å². The third-order valence-electron chi connectivity index (χ3n) is 3.97. The Kier molecular flexibility index (Phi) is 8.25. The lowest BCUT2D eigenvalue weighted by molar-refractivity contribution is -0.0521. The lowest BCUT2D eigenvalue weighted by Gasteiger charge is -2.09. The standard InChI is InChI=1S/C20H24F3NO2/c1-2-3-4-5-6-7-12-25-19-11-9-16(14-24-19)15-8-10-18(17(21)13-15)26-20(22)23/h8-11,13-14,20H,2-7,12H2,1H3. The number of aromatic nitrogens is 1. The number of hydrogen-bond donors (Lipinski definition) is 0. The Morgan fingerprint density at radius 1 is 0.962 bits per heavy atom. The number of rotatable bonds is 11. The van der Waals surface area contributed by atoms with E-state index in [1.807, 2.05) is 0 Å². The van der Waals surface area contributed by atoms with Gasteiger partial charge in [-0.05, 0) is 30.2 Å². The van der Waals surface area contributed by atoms with Gasteiger partial charge in [0.05, 0.1) is 6.61 Å². The first-order valence-electron chi connectivity index (χ1n) is 8.93. The van der Waals surface area contributed by atoms with Gasteiger partial charge in [0, 0.05) is 17.8 Å². The highest BCUT2D eigenvalue weighted by molar-refractivity contribution is 5.63. The molecule has 1 aromatic heterocycles. The van der Waals surface area contributed by atoms with E-state index in [0.29, 0.717) is 23.6 Å². The van der Waals surface area contributed by atoms with Crippen molar-refractivity contribution in [2.24, 2.45) is 0 Å². The largest absolute Gasteiger partial charge is 0.478 e. The maximum absolute atomic E-state index is 13.8. The van der Waals surface area contributed by atoms with Gasteiger partial charge in [-0.1, -0.05) is 45.1 Å². The van der Waals surface area contributed by atoms with Gasteiger partial charge in [0.1, 0.15) is 0 Å². The lowest BCUT2D eigenvalue weighted by atomic mass is 10.1. The van der Waals surface area contributed by atoms with Crippen LogP contribution in [0.25, 0.3) is 11.1 Å². The lowest BCUT2D eigenvalue weighted by Crippen LogP contribution is -2.03. The summed E-state index contributed by atoms with van der Waals surface area (Å²) in [4.78, 5) is 4.21. The molecular formula is C20H24F3NO2. The molecule has 0 atom stereocenters. The summed E-state index contributed by atoms with van der Waals surface area (Å²) in [5.41, 5.74) is 1.19. The minimum absolute atomic E-state index is 0.476. The Hall–Kier alpha value is -2.24. The molecule has 1 heterocycles. The molecule has 2 rings (SSSR count). The predicted octanol–water partition coefficient (Wildman–Crippen LogP) is 6.23. The van der Waals surface area contributed by atoms with Crippen molar-refractivity contribution >= 4 is 0 Å². The van der Waals surface area contributed by atoms with Gasteiger partial charge in [0.15, 0.2) is 11.6 Å². The van der Waals surface area contributed by atoms with E-state index >= 15 is 0 Å². The fourth-order valence-corrected chi connectivity index (χ4v) is 2.57. The zero-order valence-electron chi connectivity index (χ0n) is 14.9. The van der Waals surface area contributed by atoms with Crippen LogP contribution in [-0.2, 0) is 0 Å². The number of pyridine rings is 1. The maximum atomic E-state index is 13.8. The summed E-state index contributed by atoms with van der Waals surface area (Å²) in [7, 11) is 0. The van der Waals surface area contributed by atoms with Gasteiger partial charge in [-0.15, -0.1) is 0 Å². The van der Waals surface area contributed by atoms with E-state index in [4.69, 9.17) is 4.74 Å². The van der Waals surface area contributed by atoms with E-state index in [1.54, 1.807) is 18.3 Å². The first kappa shape index (κ1) is 20.1. The molecule has 0 spiro atoms. The van der Waals surface area contributed by atoms with Crippen LogP contribution in [0.4, 0.5) is 13.2 Å². The molecule has 0 saturated heterocycles. The van der Waals surface area contributed by atoms with Crippen molar-refractivity contribution in [1.82, 2.24) is 4.98 Å². The van der Waals surface area contributed by atoms with Crippen LogP contribution in [0, 0.1) is 5.82 Å². The molecule has 0 aliphatic heterocycles. The quantitative estimate of drug-likeness (QED) is 0.441. The highest BCUT2D eigenvalue weighted by Gasteiger charge is 2.11. The third-order valence-corrected chi connectivity index (χ3v) is 3.97. The molecule has 0 fully saturated rings. The molecule has 3 nitrogen and oxygen atoms in total. The van der Waals surface area contributed by atoms with Crippen LogP contribution in [0.3, 0.4) is 0 Å². The van der Waals surface area contributed by atoms with Crippen LogP contribution in [0.5, 0.6) is 11.6 Å². The molecule has 0 bridgehead atoms. The Morgan fingerprint density at radius 3 is 2.35 bits per heavy atom. The van der Waals surface area contributed by atoms with Crippen LogP contribution in [0.2, 0.25) is 0 Å². The minimum Gasteiger partial charge on any atom is -0.478 e. The van der Waals surface area contributed by atoms with Gasteiger partial charge in [0.25, 0.3) is 0 Å². The first-order valence-corrected chi connectivity index (χ1v) is 8.93. The van der Waals surface area contributed by atoms with Crippen LogP contribution in [-0.4, -0.2) is 18.2 Å². The predicted molar refractivity (Wildman–Crippen MR) is 95.1 cm³/mol. The van der Waals surface area contributed by atoms with Gasteiger partial charge in [0.2, 0.25) is 5.88 Å². The number of benzene rings is 1. The highest BCUT2D eigenvalue weighted by atomic mass is 19.3. The van der Waals surface area contributed by atoms with Crippen molar-refractivity contribution in [3.8, 4) is 22.8 Å². The molecule has 0 unspecified atom stereocenters. The Labute approximate surface area is 152 Å². The van der Waals surface area contributed by atoms with Crippen molar-refractivity contribution in [2.75, 3.05) is 6.61 Å². The zero-order valence-corrected chi connectivity index (χ0v) is 14.9. The molecular weight excluding hydrogens is 343 g/mol. The van der Waals surface area contributed by atoms with E-state index in [9.17, 15) is 13.2 Å². The number of alkyl halides is 2. The molecule has 0 aliphatic rings. The number of ether oxygens (including phenoxy) is 2. The number of hydrogen-bond acceptors (Lipinski definition) is 3. The van der Waals surface area contributed by atoms with Crippen LogP contribution < -0.4 is 9.47 Å². The molecule has 1 aromatic carbocycles. The van der Waals surface area contributed by atoms with Gasteiger partial charge in [-0.3, -0.25) is 0 Å². The number of halogens is 3. The molecule has 0 N–H and O–H groups in total. The molecule has 0 saturated carbocycles. The zero-order chi connectivity index (χ0) is 18.8. The fourth-order valence-electron chi connectivity index (χ4n) is 2.57. The molecule has 6 heteroatoms. The third kappa shape index (κ3) is 6.58. The van der Waals surface area contributed by atoms with Crippen LogP contribution in [0.15, 0.2) is 36.5 Å². The fraction of sp³-hybridized carbons (Fsp3) is 0.450. The smallest absolute Gasteiger partial charge is 0.387 e. The second-order valence-corrected chi connectivity index (χ2v) is 6.03. The Balaban J connectivity index is 1.84. The highest BCUT2D eigenvalue weighted by Crippen LogP contribution is 2.27. The topological polar surface area (TPSA) is 31.4 Å². The molecule has 2 aromatic rings. The maximum Gasteiger partial charge on any atom is 0.387 e. The molecule has 0 aliphatic carbocycles.